The van der Waals surface area contributed by atoms with Gasteiger partial charge in [0.2, 0.25) is 0 Å². The zero-order chi connectivity index (χ0) is 23.4. The number of benzene rings is 2. The molecule has 0 aliphatic rings. The fraction of sp³-hybridized carbons (Fsp3) is 0.367. The van der Waals surface area contributed by atoms with Gasteiger partial charge in [0.1, 0.15) is 0 Å². The van der Waals surface area contributed by atoms with Gasteiger partial charge >= 0.3 is 200 Å². The van der Waals surface area contributed by atoms with Gasteiger partial charge < -0.3 is 0 Å². The van der Waals surface area contributed by atoms with Crippen LogP contribution in [0.4, 0.5) is 0 Å². The van der Waals surface area contributed by atoms with E-state index in [1.165, 1.54) is 53.0 Å². The molecule has 1 nitrogen and oxygen atoms in total. The third-order valence-electron chi connectivity index (χ3n) is 6.29. The summed E-state index contributed by atoms with van der Waals surface area (Å²) in [4.78, 5) is 4.89. The van der Waals surface area contributed by atoms with Crippen LogP contribution in [0.5, 0.6) is 0 Å². The van der Waals surface area contributed by atoms with Crippen molar-refractivity contribution in [3.63, 3.8) is 0 Å². The van der Waals surface area contributed by atoms with E-state index in [4.69, 9.17) is 4.98 Å². The number of aryl methyl sites for hydroxylation is 3. The Morgan fingerprint density at radius 3 is 1.88 bits per heavy atom. The molecule has 166 valence electrons. The second-order valence-corrected chi connectivity index (χ2v) is 13.6. The Morgan fingerprint density at radius 2 is 1.28 bits per heavy atom. The van der Waals surface area contributed by atoms with Crippen LogP contribution in [0.1, 0.15) is 69.4 Å². The Balaban J connectivity index is 1.80. The number of aromatic nitrogens is 1. The molecule has 0 unspecified atom stereocenters. The molecule has 4 aromatic rings. The van der Waals surface area contributed by atoms with Crippen molar-refractivity contribution >= 4 is 24.1 Å². The van der Waals surface area contributed by atoms with Crippen LogP contribution in [-0.2, 0) is 10.8 Å². The average Bonchev–Trinajstić information content (AvgIpc) is 3.08. The fourth-order valence-electron chi connectivity index (χ4n) is 4.38. The number of fused-ring (bicyclic) bond motifs is 1. The van der Waals surface area contributed by atoms with E-state index >= 15 is 0 Å². The van der Waals surface area contributed by atoms with Crippen LogP contribution in [0.2, 0.25) is 0 Å². The minimum absolute atomic E-state index is 0.127. The van der Waals surface area contributed by atoms with Crippen LogP contribution in [0, 0.1) is 20.8 Å². The van der Waals surface area contributed by atoms with Crippen molar-refractivity contribution < 1.29 is 0 Å². The summed E-state index contributed by atoms with van der Waals surface area (Å²) in [6.45, 7) is 20.4. The molecule has 0 saturated carbocycles. The van der Waals surface area contributed by atoms with Gasteiger partial charge in [-0.2, -0.15) is 0 Å². The zero-order valence-corrected chi connectivity index (χ0v) is 22.7. The van der Waals surface area contributed by atoms with Crippen molar-refractivity contribution in [2.45, 2.75) is 73.1 Å². The molecular formula is C30H35NSe. The summed E-state index contributed by atoms with van der Waals surface area (Å²) in [5.74, 6) is 0. The molecule has 2 heteroatoms. The van der Waals surface area contributed by atoms with E-state index in [0.29, 0.717) is 14.5 Å². The standard InChI is InChI=1S/C30H35NSe/c1-18-10-21(14-23(11-18)29(4,5)6)25-15-22-16-26(32-27(22)17-31-25)28-19(2)12-24(13-20(28)3)30(7,8)9/h10-17H,1-9H3. The van der Waals surface area contributed by atoms with Gasteiger partial charge in [0.15, 0.2) is 0 Å². The predicted molar refractivity (Wildman–Crippen MR) is 141 cm³/mol. The first-order chi connectivity index (χ1) is 14.8. The van der Waals surface area contributed by atoms with Gasteiger partial charge in [0, 0.05) is 0 Å². The van der Waals surface area contributed by atoms with E-state index in [-0.39, 0.29) is 10.8 Å². The number of pyridine rings is 1. The van der Waals surface area contributed by atoms with Gasteiger partial charge in [-0.3, -0.25) is 0 Å². The monoisotopic (exact) mass is 489 g/mol. The van der Waals surface area contributed by atoms with E-state index in [1.807, 2.05) is 0 Å². The third-order valence-corrected chi connectivity index (χ3v) is 8.60. The summed E-state index contributed by atoms with van der Waals surface area (Å²) in [6, 6.07) is 16.3. The van der Waals surface area contributed by atoms with Crippen molar-refractivity contribution in [1.82, 2.24) is 4.98 Å². The summed E-state index contributed by atoms with van der Waals surface area (Å²) in [6.07, 6.45) is 2.11. The van der Waals surface area contributed by atoms with Gasteiger partial charge in [-0.1, -0.05) is 0 Å². The average molecular weight is 489 g/mol. The molecule has 0 N–H and O–H groups in total. The van der Waals surface area contributed by atoms with E-state index in [1.54, 1.807) is 0 Å². The van der Waals surface area contributed by atoms with E-state index in [2.05, 4.69) is 111 Å². The number of hydrogen-bond donors (Lipinski definition) is 0. The maximum absolute atomic E-state index is 4.89. The minimum atomic E-state index is 0.127. The molecule has 0 aliphatic carbocycles. The number of nitrogens with zero attached hydrogens (tertiary/aromatic N) is 1. The van der Waals surface area contributed by atoms with Crippen LogP contribution in [0.15, 0.2) is 48.7 Å². The van der Waals surface area contributed by atoms with Crippen LogP contribution < -0.4 is 0 Å². The second kappa shape index (κ2) is 8.01. The van der Waals surface area contributed by atoms with Gasteiger partial charge in [-0.25, -0.2) is 0 Å². The topological polar surface area (TPSA) is 12.9 Å². The molecule has 2 heterocycles. The van der Waals surface area contributed by atoms with Crippen molar-refractivity contribution in [3.8, 4) is 21.3 Å². The molecule has 2 aromatic carbocycles. The molecule has 0 amide bonds. The Bertz CT molecular complexity index is 1290. The van der Waals surface area contributed by atoms with Gasteiger partial charge in [0.25, 0.3) is 0 Å². The zero-order valence-electron chi connectivity index (χ0n) is 21.0. The molecule has 0 spiro atoms. The summed E-state index contributed by atoms with van der Waals surface area (Å²) >= 11 is 0.294. The normalized spacial score (nSPS) is 12.5. The molecule has 0 radical (unpaired) electrons. The van der Waals surface area contributed by atoms with Crippen LogP contribution >= 0.6 is 0 Å². The van der Waals surface area contributed by atoms with Gasteiger partial charge in [-0.05, 0) is 0 Å². The first kappa shape index (κ1) is 23.0. The third kappa shape index (κ3) is 4.49. The van der Waals surface area contributed by atoms with Gasteiger partial charge in [-0.15, -0.1) is 0 Å². The van der Waals surface area contributed by atoms with Crippen LogP contribution in [0.25, 0.3) is 30.9 Å². The molecule has 0 aliphatic heterocycles. The Morgan fingerprint density at radius 1 is 0.688 bits per heavy atom. The first-order valence-electron chi connectivity index (χ1n) is 11.5. The van der Waals surface area contributed by atoms with E-state index in [0.717, 1.165) is 5.69 Å². The fourth-order valence-corrected chi connectivity index (χ4v) is 6.87. The molecule has 4 rings (SSSR count). The van der Waals surface area contributed by atoms with Crippen LogP contribution in [-0.4, -0.2) is 19.5 Å². The quantitative estimate of drug-likeness (QED) is 0.260. The Hall–Kier alpha value is -2.15. The second-order valence-electron chi connectivity index (χ2n) is 11.3. The molecule has 2 aromatic heterocycles. The van der Waals surface area contributed by atoms with Gasteiger partial charge in [0.05, 0.1) is 0 Å². The van der Waals surface area contributed by atoms with Crippen LogP contribution in [0.3, 0.4) is 0 Å². The molecule has 32 heavy (non-hydrogen) atoms. The summed E-state index contributed by atoms with van der Waals surface area (Å²) in [5, 5.41) is 1.34. The molecule has 0 saturated heterocycles. The maximum atomic E-state index is 4.89. The predicted octanol–water partition coefficient (Wildman–Crippen LogP) is 8.15. The first-order valence-corrected chi connectivity index (χ1v) is 13.2. The molecular weight excluding hydrogens is 453 g/mol. The number of hydrogen-bond acceptors (Lipinski definition) is 1. The van der Waals surface area contributed by atoms with Crippen molar-refractivity contribution in [2.24, 2.45) is 0 Å². The molecule has 0 atom stereocenters. The summed E-state index contributed by atoms with van der Waals surface area (Å²) < 4.78 is 2.86. The van der Waals surface area contributed by atoms with Crippen molar-refractivity contribution in [2.75, 3.05) is 0 Å². The van der Waals surface area contributed by atoms with Crippen molar-refractivity contribution in [1.29, 1.82) is 0 Å². The van der Waals surface area contributed by atoms with Crippen molar-refractivity contribution in [3.05, 3.63) is 76.5 Å². The SMILES string of the molecule is Cc1cc(-c2cc3cc(-c4c(C)cc(C(C)(C)C)cc4C)[se]c3cn2)cc(C(C)(C)C)c1. The Kier molecular flexibility index (Phi) is 5.76. The van der Waals surface area contributed by atoms with E-state index < -0.39 is 0 Å². The number of rotatable bonds is 2. The summed E-state index contributed by atoms with van der Waals surface area (Å²) in [5.41, 5.74) is 10.9. The summed E-state index contributed by atoms with van der Waals surface area (Å²) in [7, 11) is 0. The Labute approximate surface area is 199 Å². The van der Waals surface area contributed by atoms with E-state index in [9.17, 15) is 0 Å². The molecule has 0 fully saturated rings. The molecule has 0 bridgehead atoms.